The van der Waals surface area contributed by atoms with Gasteiger partial charge in [-0.25, -0.2) is 0 Å². The molecule has 0 heterocycles. The maximum atomic E-state index is 13.0. The number of carbonyl (C=O) groups excluding carboxylic acids is 1. The van der Waals surface area contributed by atoms with Gasteiger partial charge >= 0.3 is 5.97 Å². The Labute approximate surface area is 138 Å². The van der Waals surface area contributed by atoms with Gasteiger partial charge in [-0.05, 0) is 80.6 Å². The molecule has 0 unspecified atom stereocenters. The van der Waals surface area contributed by atoms with E-state index in [1.165, 1.54) is 0 Å². The van der Waals surface area contributed by atoms with E-state index in [9.17, 15) is 14.7 Å². The van der Waals surface area contributed by atoms with Crippen molar-refractivity contribution in [1.82, 2.24) is 0 Å². The number of ketones is 1. The van der Waals surface area contributed by atoms with Crippen LogP contribution in [0.1, 0.15) is 65.2 Å². The van der Waals surface area contributed by atoms with Crippen LogP contribution in [0.3, 0.4) is 0 Å². The Morgan fingerprint density at radius 3 is 2.57 bits per heavy atom. The number of carbonyl (C=O) groups is 2. The van der Waals surface area contributed by atoms with Gasteiger partial charge in [-0.3, -0.25) is 9.59 Å². The number of hydrogen-bond acceptors (Lipinski definition) is 2. The Hall–Kier alpha value is -1.12. The van der Waals surface area contributed by atoms with E-state index in [-0.39, 0.29) is 16.7 Å². The number of carboxylic acid groups (broad SMARTS) is 1. The van der Waals surface area contributed by atoms with E-state index in [0.29, 0.717) is 17.6 Å². The van der Waals surface area contributed by atoms with Crippen LogP contribution < -0.4 is 0 Å². The van der Waals surface area contributed by atoms with Gasteiger partial charge in [-0.2, -0.15) is 0 Å². The normalized spacial score (nSPS) is 52.0. The summed E-state index contributed by atoms with van der Waals surface area (Å²) in [6, 6.07) is 0. The fourth-order valence-electron chi connectivity index (χ4n) is 7.37. The number of hydrogen-bond donors (Lipinski definition) is 1. The van der Waals surface area contributed by atoms with Crippen LogP contribution in [0.5, 0.6) is 0 Å². The summed E-state index contributed by atoms with van der Waals surface area (Å²) < 4.78 is 0. The standard InChI is InChI=1S/C20H28O3/c1-12-13-5-6-15-18(2)8-4-9-19(3,17(22)23)14(18)7-10-20(15,11-13)16(12)21/h13-15H,1,4-11H2,2-3H3,(H,22,23)/t13-,14-,15-,18-,19+,20-/m1/s1. The molecule has 126 valence electrons. The molecule has 0 radical (unpaired) electrons. The molecule has 4 aliphatic carbocycles. The van der Waals surface area contributed by atoms with E-state index in [1.807, 2.05) is 6.92 Å². The molecule has 4 fully saturated rings. The third kappa shape index (κ3) is 1.66. The highest BCUT2D eigenvalue weighted by molar-refractivity contribution is 6.03. The monoisotopic (exact) mass is 316 g/mol. The van der Waals surface area contributed by atoms with Crippen molar-refractivity contribution in [2.75, 3.05) is 0 Å². The molecular formula is C20H28O3. The minimum Gasteiger partial charge on any atom is -0.481 e. The van der Waals surface area contributed by atoms with Gasteiger partial charge < -0.3 is 5.11 Å². The lowest BCUT2D eigenvalue weighted by Crippen LogP contribution is -2.59. The molecule has 2 bridgehead atoms. The molecule has 3 heteroatoms. The van der Waals surface area contributed by atoms with Crippen LogP contribution >= 0.6 is 0 Å². The molecule has 1 spiro atoms. The van der Waals surface area contributed by atoms with Crippen LogP contribution in [0.2, 0.25) is 0 Å². The molecule has 0 aromatic carbocycles. The van der Waals surface area contributed by atoms with Crippen LogP contribution in [0.4, 0.5) is 0 Å². The molecule has 0 aromatic heterocycles. The summed E-state index contributed by atoms with van der Waals surface area (Å²) in [5.41, 5.74) is 0.0347. The summed E-state index contributed by atoms with van der Waals surface area (Å²) in [5.74, 6) is 0.645. The van der Waals surface area contributed by atoms with Gasteiger partial charge in [-0.1, -0.05) is 19.9 Å². The third-order valence-corrected chi connectivity index (χ3v) is 8.46. The lowest BCUT2D eigenvalue weighted by atomic mass is 9.41. The van der Waals surface area contributed by atoms with Gasteiger partial charge in [0.15, 0.2) is 5.78 Å². The number of Topliss-reactive ketones (excluding diaryl/α,β-unsaturated/α-hetero) is 1. The van der Waals surface area contributed by atoms with Crippen molar-refractivity contribution in [3.05, 3.63) is 12.2 Å². The minimum absolute atomic E-state index is 0.00507. The van der Waals surface area contributed by atoms with Gasteiger partial charge in [0.2, 0.25) is 0 Å². The molecule has 4 aliphatic rings. The fraction of sp³-hybridized carbons (Fsp3) is 0.800. The van der Waals surface area contributed by atoms with E-state index in [4.69, 9.17) is 0 Å². The van der Waals surface area contributed by atoms with Crippen LogP contribution in [0, 0.1) is 34.0 Å². The van der Waals surface area contributed by atoms with Gasteiger partial charge in [0, 0.05) is 5.41 Å². The van der Waals surface area contributed by atoms with Gasteiger partial charge in [0.1, 0.15) is 0 Å². The van der Waals surface area contributed by atoms with Crippen molar-refractivity contribution in [1.29, 1.82) is 0 Å². The predicted octanol–water partition coefficient (Wildman–Crippen LogP) is 4.22. The highest BCUT2D eigenvalue weighted by atomic mass is 16.4. The first-order chi connectivity index (χ1) is 10.8. The largest absolute Gasteiger partial charge is 0.481 e. The number of carboxylic acids is 1. The van der Waals surface area contributed by atoms with E-state index >= 15 is 0 Å². The maximum absolute atomic E-state index is 13.0. The average Bonchev–Trinajstić information content (AvgIpc) is 2.68. The van der Waals surface area contributed by atoms with Crippen molar-refractivity contribution in [3.63, 3.8) is 0 Å². The Kier molecular flexibility index (Phi) is 3.01. The Balaban J connectivity index is 1.79. The van der Waals surface area contributed by atoms with E-state index in [0.717, 1.165) is 56.9 Å². The summed E-state index contributed by atoms with van der Waals surface area (Å²) in [4.78, 5) is 25.1. The SMILES string of the molecule is C=C1C(=O)[C@@]23CC[C@@H]4[C@@](C)(CCC[C@]4(C)C(=O)O)[C@H]2CC[C@@H]1C3. The van der Waals surface area contributed by atoms with Crippen molar-refractivity contribution in [3.8, 4) is 0 Å². The smallest absolute Gasteiger partial charge is 0.309 e. The van der Waals surface area contributed by atoms with Gasteiger partial charge in [0.05, 0.1) is 5.41 Å². The van der Waals surface area contributed by atoms with Crippen LogP contribution in [0.25, 0.3) is 0 Å². The number of aliphatic carboxylic acids is 1. The second kappa shape index (κ2) is 4.49. The molecule has 4 saturated carbocycles. The third-order valence-electron chi connectivity index (χ3n) is 8.46. The zero-order valence-corrected chi connectivity index (χ0v) is 14.4. The molecular weight excluding hydrogens is 288 g/mol. The molecule has 23 heavy (non-hydrogen) atoms. The quantitative estimate of drug-likeness (QED) is 0.737. The molecule has 0 saturated heterocycles. The molecule has 4 rings (SSSR count). The topological polar surface area (TPSA) is 54.4 Å². The summed E-state index contributed by atoms with van der Waals surface area (Å²) in [6.07, 6.45) is 7.75. The first kappa shape index (κ1) is 15.4. The Bertz CT molecular complexity index is 608. The summed E-state index contributed by atoms with van der Waals surface area (Å²) in [7, 11) is 0. The van der Waals surface area contributed by atoms with E-state index in [2.05, 4.69) is 13.5 Å². The molecule has 0 amide bonds. The summed E-state index contributed by atoms with van der Waals surface area (Å²) in [6.45, 7) is 8.36. The van der Waals surface area contributed by atoms with Gasteiger partial charge in [0.25, 0.3) is 0 Å². The van der Waals surface area contributed by atoms with E-state index in [1.54, 1.807) is 0 Å². The summed E-state index contributed by atoms with van der Waals surface area (Å²) >= 11 is 0. The lowest BCUT2D eigenvalue weighted by molar-refractivity contribution is -0.182. The highest BCUT2D eigenvalue weighted by Gasteiger charge is 2.67. The number of fused-ring (bicyclic) bond motifs is 3. The maximum Gasteiger partial charge on any atom is 0.309 e. The van der Waals surface area contributed by atoms with Crippen molar-refractivity contribution < 1.29 is 14.7 Å². The Morgan fingerprint density at radius 2 is 1.87 bits per heavy atom. The van der Waals surface area contributed by atoms with Crippen molar-refractivity contribution in [2.24, 2.45) is 34.0 Å². The second-order valence-corrected chi connectivity index (χ2v) is 9.21. The first-order valence-electron chi connectivity index (χ1n) is 9.23. The second-order valence-electron chi connectivity index (χ2n) is 9.21. The zero-order valence-electron chi connectivity index (χ0n) is 14.4. The minimum atomic E-state index is -0.639. The van der Waals surface area contributed by atoms with Crippen molar-refractivity contribution in [2.45, 2.75) is 65.2 Å². The zero-order chi connectivity index (χ0) is 16.6. The molecule has 6 atom stereocenters. The van der Waals surface area contributed by atoms with Gasteiger partial charge in [-0.15, -0.1) is 0 Å². The summed E-state index contributed by atoms with van der Waals surface area (Å²) in [5, 5.41) is 9.89. The highest BCUT2D eigenvalue weighted by Crippen LogP contribution is 2.71. The van der Waals surface area contributed by atoms with Crippen molar-refractivity contribution >= 4 is 11.8 Å². The molecule has 0 aromatic rings. The molecule has 1 N–H and O–H groups in total. The number of rotatable bonds is 1. The lowest BCUT2D eigenvalue weighted by Gasteiger charge is -2.62. The van der Waals surface area contributed by atoms with Crippen LogP contribution in [-0.4, -0.2) is 16.9 Å². The predicted molar refractivity (Wildman–Crippen MR) is 87.8 cm³/mol. The van der Waals surface area contributed by atoms with Crippen LogP contribution in [0.15, 0.2) is 12.2 Å². The fourth-order valence-corrected chi connectivity index (χ4v) is 7.37. The first-order valence-corrected chi connectivity index (χ1v) is 9.23. The number of allylic oxidation sites excluding steroid dienone is 1. The molecule has 0 aliphatic heterocycles. The van der Waals surface area contributed by atoms with Crippen LogP contribution in [-0.2, 0) is 9.59 Å². The van der Waals surface area contributed by atoms with E-state index < -0.39 is 11.4 Å². The Morgan fingerprint density at radius 1 is 1.13 bits per heavy atom. The molecule has 3 nitrogen and oxygen atoms in total. The average molecular weight is 316 g/mol.